The molecule has 2 aromatic heterocycles. The zero-order valence-electron chi connectivity index (χ0n) is 14.1. The molecule has 3 aromatic rings. The number of hydrogen-bond donors (Lipinski definition) is 1. The van der Waals surface area contributed by atoms with Crippen molar-refractivity contribution >= 4 is 11.0 Å². The number of H-pyrrole nitrogens is 1. The third kappa shape index (κ3) is 3.15. The Kier molecular flexibility index (Phi) is 4.23. The number of aromatic nitrogens is 4. The molecule has 0 radical (unpaired) electrons. The van der Waals surface area contributed by atoms with Crippen LogP contribution in [0.2, 0.25) is 0 Å². The van der Waals surface area contributed by atoms with Crippen molar-refractivity contribution in [1.29, 1.82) is 0 Å². The van der Waals surface area contributed by atoms with E-state index < -0.39 is 0 Å². The standard InChI is InChI=1S/C18H20N4O3/c1-24-13-7-5-12(6-8-13)10-15-17-14(11-19-18(23)20-17)21-22(15)16-4-2-3-9-25-16/h5-8,11,16H,2-4,9-10H2,1H3,(H,20,23). The van der Waals surface area contributed by atoms with Gasteiger partial charge in [-0.25, -0.2) is 9.48 Å². The maximum absolute atomic E-state index is 11.7. The molecule has 1 aromatic carbocycles. The SMILES string of the molecule is COc1ccc(Cc2c3[nH]c(=O)ncc3nn2C2CCCCO2)cc1. The maximum atomic E-state index is 11.7. The normalized spacial score (nSPS) is 17.7. The van der Waals surface area contributed by atoms with Gasteiger partial charge in [-0.15, -0.1) is 0 Å². The predicted molar refractivity (Wildman–Crippen MR) is 92.8 cm³/mol. The van der Waals surface area contributed by atoms with E-state index in [2.05, 4.69) is 15.1 Å². The smallest absolute Gasteiger partial charge is 0.345 e. The summed E-state index contributed by atoms with van der Waals surface area (Å²) in [5.41, 5.74) is 3.08. The number of methoxy groups -OCH3 is 1. The van der Waals surface area contributed by atoms with Crippen LogP contribution in [0, 0.1) is 0 Å². The molecule has 0 amide bonds. The second-order valence-electron chi connectivity index (χ2n) is 6.19. The number of fused-ring (bicyclic) bond motifs is 1. The number of hydrogen-bond acceptors (Lipinski definition) is 5. The van der Waals surface area contributed by atoms with Gasteiger partial charge in [-0.2, -0.15) is 10.1 Å². The van der Waals surface area contributed by atoms with Gasteiger partial charge < -0.3 is 14.5 Å². The van der Waals surface area contributed by atoms with Crippen LogP contribution in [0.25, 0.3) is 11.0 Å². The molecular formula is C18H20N4O3. The van der Waals surface area contributed by atoms with Crippen LogP contribution in [-0.2, 0) is 11.2 Å². The monoisotopic (exact) mass is 340 g/mol. The van der Waals surface area contributed by atoms with Crippen molar-refractivity contribution < 1.29 is 9.47 Å². The van der Waals surface area contributed by atoms with Crippen LogP contribution in [0.4, 0.5) is 0 Å². The molecule has 7 nitrogen and oxygen atoms in total. The number of aromatic amines is 1. The van der Waals surface area contributed by atoms with E-state index in [0.717, 1.165) is 48.4 Å². The van der Waals surface area contributed by atoms with E-state index in [1.165, 1.54) is 6.20 Å². The van der Waals surface area contributed by atoms with Gasteiger partial charge in [0.1, 0.15) is 11.3 Å². The first-order valence-electron chi connectivity index (χ1n) is 8.45. The topological polar surface area (TPSA) is 82.0 Å². The zero-order valence-corrected chi connectivity index (χ0v) is 14.1. The lowest BCUT2D eigenvalue weighted by Gasteiger charge is -2.24. The lowest BCUT2D eigenvalue weighted by atomic mass is 10.1. The molecule has 1 aliphatic heterocycles. The summed E-state index contributed by atoms with van der Waals surface area (Å²) in [5, 5.41) is 4.64. The second-order valence-corrected chi connectivity index (χ2v) is 6.19. The van der Waals surface area contributed by atoms with Gasteiger partial charge in [0.2, 0.25) is 0 Å². The fraction of sp³-hybridized carbons (Fsp3) is 0.389. The summed E-state index contributed by atoms with van der Waals surface area (Å²) in [6.45, 7) is 0.734. The van der Waals surface area contributed by atoms with Crippen molar-refractivity contribution in [3.8, 4) is 5.75 Å². The largest absolute Gasteiger partial charge is 0.497 e. The van der Waals surface area contributed by atoms with Gasteiger partial charge >= 0.3 is 5.69 Å². The summed E-state index contributed by atoms with van der Waals surface area (Å²) in [6.07, 6.45) is 5.16. The van der Waals surface area contributed by atoms with Crippen LogP contribution in [0.3, 0.4) is 0 Å². The molecule has 0 spiro atoms. The van der Waals surface area contributed by atoms with Crippen molar-refractivity contribution in [2.75, 3.05) is 13.7 Å². The molecule has 130 valence electrons. The molecule has 1 aliphatic rings. The molecule has 1 unspecified atom stereocenters. The Bertz CT molecular complexity index is 924. The Morgan fingerprint density at radius 3 is 2.88 bits per heavy atom. The lowest BCUT2D eigenvalue weighted by Crippen LogP contribution is -2.21. The lowest BCUT2D eigenvalue weighted by molar-refractivity contribution is -0.0405. The van der Waals surface area contributed by atoms with Crippen LogP contribution in [0.1, 0.15) is 36.7 Å². The van der Waals surface area contributed by atoms with Crippen molar-refractivity contribution in [2.45, 2.75) is 31.9 Å². The van der Waals surface area contributed by atoms with E-state index in [-0.39, 0.29) is 11.9 Å². The summed E-state index contributed by atoms with van der Waals surface area (Å²) >= 11 is 0. The molecule has 1 atom stereocenters. The quantitative estimate of drug-likeness (QED) is 0.789. The highest BCUT2D eigenvalue weighted by atomic mass is 16.5. The van der Waals surface area contributed by atoms with Crippen LogP contribution in [0.5, 0.6) is 5.75 Å². The van der Waals surface area contributed by atoms with Crippen molar-refractivity contribution in [3.63, 3.8) is 0 Å². The first kappa shape index (κ1) is 15.8. The van der Waals surface area contributed by atoms with E-state index in [4.69, 9.17) is 9.47 Å². The number of nitrogens with zero attached hydrogens (tertiary/aromatic N) is 3. The minimum absolute atomic E-state index is 0.0992. The fourth-order valence-electron chi connectivity index (χ4n) is 3.24. The summed E-state index contributed by atoms with van der Waals surface area (Å²) in [4.78, 5) is 18.3. The number of ether oxygens (including phenoxy) is 2. The van der Waals surface area contributed by atoms with Gasteiger partial charge in [-0.1, -0.05) is 12.1 Å². The Hall–Kier alpha value is -2.67. The van der Waals surface area contributed by atoms with Crippen LogP contribution in [-0.4, -0.2) is 33.5 Å². The highest BCUT2D eigenvalue weighted by Gasteiger charge is 2.22. The molecule has 3 heterocycles. The number of benzene rings is 1. The Balaban J connectivity index is 1.77. The van der Waals surface area contributed by atoms with Gasteiger partial charge in [-0.3, -0.25) is 0 Å². The molecule has 0 bridgehead atoms. The van der Waals surface area contributed by atoms with Crippen LogP contribution in [0.15, 0.2) is 35.3 Å². The van der Waals surface area contributed by atoms with Crippen molar-refractivity contribution in [2.24, 2.45) is 0 Å². The minimum Gasteiger partial charge on any atom is -0.497 e. The fourth-order valence-corrected chi connectivity index (χ4v) is 3.24. The summed E-state index contributed by atoms with van der Waals surface area (Å²) in [7, 11) is 1.65. The Morgan fingerprint density at radius 2 is 2.16 bits per heavy atom. The van der Waals surface area contributed by atoms with E-state index >= 15 is 0 Å². The molecule has 7 heteroatoms. The third-order valence-electron chi connectivity index (χ3n) is 4.53. The van der Waals surface area contributed by atoms with Crippen LogP contribution >= 0.6 is 0 Å². The third-order valence-corrected chi connectivity index (χ3v) is 4.53. The highest BCUT2D eigenvalue weighted by Crippen LogP contribution is 2.28. The molecule has 4 rings (SSSR count). The van der Waals surface area contributed by atoms with E-state index in [0.29, 0.717) is 11.9 Å². The molecular weight excluding hydrogens is 320 g/mol. The molecule has 25 heavy (non-hydrogen) atoms. The average Bonchev–Trinajstić information content (AvgIpc) is 3.01. The van der Waals surface area contributed by atoms with Crippen molar-refractivity contribution in [3.05, 3.63) is 52.2 Å². The first-order valence-corrected chi connectivity index (χ1v) is 8.45. The second kappa shape index (κ2) is 6.68. The summed E-state index contributed by atoms with van der Waals surface area (Å²) in [5.74, 6) is 0.815. The Morgan fingerprint density at radius 1 is 1.32 bits per heavy atom. The van der Waals surface area contributed by atoms with Gasteiger partial charge in [0.15, 0.2) is 6.23 Å². The average molecular weight is 340 g/mol. The van der Waals surface area contributed by atoms with E-state index in [1.54, 1.807) is 7.11 Å². The van der Waals surface area contributed by atoms with E-state index in [1.807, 2.05) is 28.9 Å². The van der Waals surface area contributed by atoms with Crippen LogP contribution < -0.4 is 10.4 Å². The molecule has 1 N–H and O–H groups in total. The number of rotatable bonds is 4. The van der Waals surface area contributed by atoms with Gasteiger partial charge in [0.05, 0.1) is 24.5 Å². The molecule has 0 saturated carbocycles. The highest BCUT2D eigenvalue weighted by molar-refractivity contribution is 5.76. The molecule has 1 fully saturated rings. The molecule has 0 aliphatic carbocycles. The predicted octanol–water partition coefficient (Wildman–Crippen LogP) is 2.42. The first-order chi connectivity index (χ1) is 12.2. The number of nitrogens with one attached hydrogen (secondary N) is 1. The summed E-state index contributed by atoms with van der Waals surface area (Å²) < 4.78 is 13.0. The maximum Gasteiger partial charge on any atom is 0.345 e. The van der Waals surface area contributed by atoms with Gasteiger partial charge in [0.25, 0.3) is 0 Å². The van der Waals surface area contributed by atoms with Gasteiger partial charge in [-0.05, 0) is 37.0 Å². The van der Waals surface area contributed by atoms with Gasteiger partial charge in [0, 0.05) is 13.0 Å². The summed E-state index contributed by atoms with van der Waals surface area (Å²) in [6, 6.07) is 7.89. The van der Waals surface area contributed by atoms with Crippen molar-refractivity contribution in [1.82, 2.24) is 19.7 Å². The zero-order chi connectivity index (χ0) is 17.2. The molecule has 1 saturated heterocycles. The Labute approximate surface area is 144 Å². The van der Waals surface area contributed by atoms with E-state index in [9.17, 15) is 4.79 Å². The minimum atomic E-state index is -0.368.